The van der Waals surface area contributed by atoms with Crippen molar-refractivity contribution in [2.75, 3.05) is 5.32 Å². The highest BCUT2D eigenvalue weighted by Gasteiger charge is 2.33. The van der Waals surface area contributed by atoms with Crippen molar-refractivity contribution in [1.29, 1.82) is 0 Å². The van der Waals surface area contributed by atoms with Gasteiger partial charge in [0.1, 0.15) is 0 Å². The van der Waals surface area contributed by atoms with E-state index in [4.69, 9.17) is 0 Å². The van der Waals surface area contributed by atoms with Crippen molar-refractivity contribution < 1.29 is 9.90 Å². The molecule has 0 spiro atoms. The van der Waals surface area contributed by atoms with E-state index in [2.05, 4.69) is 15.4 Å². The van der Waals surface area contributed by atoms with Gasteiger partial charge in [-0.1, -0.05) is 12.8 Å². The van der Waals surface area contributed by atoms with Gasteiger partial charge in [-0.2, -0.15) is 5.10 Å². The second kappa shape index (κ2) is 6.91. The fraction of sp³-hybridized carbons (Fsp3) is 0.471. The Labute approximate surface area is 135 Å². The Balaban J connectivity index is 1.50. The monoisotopic (exact) mass is 314 g/mol. The average molecular weight is 314 g/mol. The summed E-state index contributed by atoms with van der Waals surface area (Å²) in [6, 6.07) is 5.74. The van der Waals surface area contributed by atoms with E-state index in [0.717, 1.165) is 25.8 Å². The number of aromatic nitrogens is 3. The predicted octanol–water partition coefficient (Wildman–Crippen LogP) is 2.15. The van der Waals surface area contributed by atoms with Crippen LogP contribution in [0.4, 0.5) is 5.82 Å². The molecule has 2 aromatic heterocycles. The Morgan fingerprint density at radius 3 is 2.74 bits per heavy atom. The Kier molecular flexibility index (Phi) is 4.71. The van der Waals surface area contributed by atoms with E-state index in [-0.39, 0.29) is 12.3 Å². The van der Waals surface area contributed by atoms with Gasteiger partial charge in [0, 0.05) is 31.2 Å². The van der Waals surface area contributed by atoms with Crippen LogP contribution in [0.5, 0.6) is 0 Å². The average Bonchev–Trinajstić information content (AvgIpc) is 3.15. The van der Waals surface area contributed by atoms with Crippen LogP contribution in [-0.2, 0) is 17.8 Å². The quantitative estimate of drug-likeness (QED) is 0.856. The van der Waals surface area contributed by atoms with Crippen LogP contribution in [0.1, 0.15) is 37.7 Å². The van der Waals surface area contributed by atoms with Gasteiger partial charge in [-0.15, -0.1) is 0 Å². The SMILES string of the molecule is O=C(CC1(O)CCCC1)Nc1ccn(CCc2ccncc2)n1. The fourth-order valence-corrected chi connectivity index (χ4v) is 3.04. The normalized spacial score (nSPS) is 16.4. The third-order valence-electron chi connectivity index (χ3n) is 4.31. The molecule has 0 aliphatic heterocycles. The summed E-state index contributed by atoms with van der Waals surface area (Å²) >= 11 is 0. The molecule has 0 bridgehead atoms. The molecule has 1 amide bonds. The molecular formula is C17H22N4O2. The van der Waals surface area contributed by atoms with Gasteiger partial charge in [0.05, 0.1) is 12.0 Å². The Bertz CT molecular complexity index is 648. The maximum Gasteiger partial charge on any atom is 0.228 e. The number of anilines is 1. The minimum atomic E-state index is -0.825. The molecule has 1 aliphatic rings. The maximum absolute atomic E-state index is 12.0. The summed E-state index contributed by atoms with van der Waals surface area (Å²) < 4.78 is 1.81. The topological polar surface area (TPSA) is 80.0 Å². The van der Waals surface area contributed by atoms with Crippen LogP contribution in [0.15, 0.2) is 36.8 Å². The van der Waals surface area contributed by atoms with Crippen LogP contribution in [0.3, 0.4) is 0 Å². The minimum absolute atomic E-state index is 0.150. The van der Waals surface area contributed by atoms with E-state index in [1.807, 2.05) is 18.3 Å². The van der Waals surface area contributed by atoms with Gasteiger partial charge in [0.15, 0.2) is 5.82 Å². The molecule has 0 saturated heterocycles. The lowest BCUT2D eigenvalue weighted by Crippen LogP contribution is -2.30. The molecular weight excluding hydrogens is 292 g/mol. The van der Waals surface area contributed by atoms with Gasteiger partial charge in [-0.3, -0.25) is 14.5 Å². The maximum atomic E-state index is 12.0. The van der Waals surface area contributed by atoms with E-state index >= 15 is 0 Å². The zero-order valence-corrected chi connectivity index (χ0v) is 13.1. The third kappa shape index (κ3) is 4.39. The summed E-state index contributed by atoms with van der Waals surface area (Å²) in [5.74, 6) is 0.361. The smallest absolute Gasteiger partial charge is 0.228 e. The Morgan fingerprint density at radius 1 is 1.26 bits per heavy atom. The van der Waals surface area contributed by atoms with Crippen molar-refractivity contribution in [3.05, 3.63) is 42.4 Å². The van der Waals surface area contributed by atoms with Crippen LogP contribution < -0.4 is 5.32 Å². The third-order valence-corrected chi connectivity index (χ3v) is 4.31. The molecule has 122 valence electrons. The lowest BCUT2D eigenvalue weighted by atomic mass is 9.98. The van der Waals surface area contributed by atoms with Crippen molar-refractivity contribution in [2.45, 2.75) is 50.7 Å². The van der Waals surface area contributed by atoms with E-state index in [1.165, 1.54) is 5.56 Å². The first kappa shape index (κ1) is 15.7. The number of nitrogens with one attached hydrogen (secondary N) is 1. The molecule has 2 N–H and O–H groups in total. The first-order valence-corrected chi connectivity index (χ1v) is 8.08. The standard InChI is InChI=1S/C17H22N4O2/c22-16(13-17(23)7-1-2-8-17)19-15-6-12-21(20-15)11-5-14-3-9-18-10-4-14/h3-4,6,9-10,12,23H,1-2,5,7-8,11,13H2,(H,19,20,22). The van der Waals surface area contributed by atoms with E-state index in [0.29, 0.717) is 18.7 Å². The van der Waals surface area contributed by atoms with Crippen molar-refractivity contribution in [2.24, 2.45) is 0 Å². The number of pyridine rings is 1. The zero-order chi connectivity index (χ0) is 16.1. The first-order chi connectivity index (χ1) is 11.1. The summed E-state index contributed by atoms with van der Waals surface area (Å²) in [6.07, 6.45) is 9.81. The summed E-state index contributed by atoms with van der Waals surface area (Å²) in [5, 5.41) is 17.4. The summed E-state index contributed by atoms with van der Waals surface area (Å²) in [4.78, 5) is 16.0. The summed E-state index contributed by atoms with van der Waals surface area (Å²) in [6.45, 7) is 0.740. The molecule has 0 unspecified atom stereocenters. The highest BCUT2D eigenvalue weighted by molar-refractivity contribution is 5.90. The minimum Gasteiger partial charge on any atom is -0.389 e. The molecule has 2 heterocycles. The highest BCUT2D eigenvalue weighted by Crippen LogP contribution is 2.32. The van der Waals surface area contributed by atoms with Gasteiger partial charge in [-0.05, 0) is 37.0 Å². The molecule has 6 heteroatoms. The predicted molar refractivity (Wildman–Crippen MR) is 86.8 cm³/mol. The van der Waals surface area contributed by atoms with Crippen molar-refractivity contribution >= 4 is 11.7 Å². The molecule has 2 aromatic rings. The van der Waals surface area contributed by atoms with Gasteiger partial charge in [0.25, 0.3) is 0 Å². The van der Waals surface area contributed by atoms with Crippen molar-refractivity contribution in [3.63, 3.8) is 0 Å². The Hall–Kier alpha value is -2.21. The Morgan fingerprint density at radius 2 is 2.00 bits per heavy atom. The molecule has 1 fully saturated rings. The number of carbonyl (C=O) groups is 1. The lowest BCUT2D eigenvalue weighted by Gasteiger charge is -2.20. The van der Waals surface area contributed by atoms with Crippen LogP contribution >= 0.6 is 0 Å². The van der Waals surface area contributed by atoms with E-state index < -0.39 is 5.60 Å². The fourth-order valence-electron chi connectivity index (χ4n) is 3.04. The van der Waals surface area contributed by atoms with E-state index in [9.17, 15) is 9.90 Å². The first-order valence-electron chi connectivity index (χ1n) is 8.08. The van der Waals surface area contributed by atoms with Crippen LogP contribution in [0.25, 0.3) is 0 Å². The summed E-state index contributed by atoms with van der Waals surface area (Å²) in [7, 11) is 0. The summed E-state index contributed by atoms with van der Waals surface area (Å²) in [5.41, 5.74) is 0.373. The molecule has 23 heavy (non-hydrogen) atoms. The largest absolute Gasteiger partial charge is 0.389 e. The van der Waals surface area contributed by atoms with Gasteiger partial charge < -0.3 is 10.4 Å². The molecule has 0 aromatic carbocycles. The van der Waals surface area contributed by atoms with Gasteiger partial charge in [0.2, 0.25) is 5.91 Å². The van der Waals surface area contributed by atoms with Gasteiger partial charge >= 0.3 is 0 Å². The number of rotatable bonds is 6. The molecule has 1 saturated carbocycles. The van der Waals surface area contributed by atoms with Gasteiger partial charge in [-0.25, -0.2) is 0 Å². The number of aliphatic hydroxyl groups is 1. The van der Waals surface area contributed by atoms with Crippen LogP contribution in [0.2, 0.25) is 0 Å². The van der Waals surface area contributed by atoms with Crippen molar-refractivity contribution in [3.8, 4) is 0 Å². The number of hydrogen-bond acceptors (Lipinski definition) is 4. The number of aryl methyl sites for hydroxylation is 2. The molecule has 6 nitrogen and oxygen atoms in total. The highest BCUT2D eigenvalue weighted by atomic mass is 16.3. The lowest BCUT2D eigenvalue weighted by molar-refractivity contribution is -0.120. The number of hydrogen-bond donors (Lipinski definition) is 2. The van der Waals surface area contributed by atoms with Crippen LogP contribution in [-0.4, -0.2) is 31.4 Å². The molecule has 3 rings (SSSR count). The molecule has 1 aliphatic carbocycles. The number of nitrogens with zero attached hydrogens (tertiary/aromatic N) is 3. The van der Waals surface area contributed by atoms with Crippen LogP contribution in [0, 0.1) is 0 Å². The zero-order valence-electron chi connectivity index (χ0n) is 13.1. The second-order valence-corrected chi connectivity index (χ2v) is 6.23. The van der Waals surface area contributed by atoms with Crippen molar-refractivity contribution in [1.82, 2.24) is 14.8 Å². The number of amides is 1. The number of carbonyl (C=O) groups excluding carboxylic acids is 1. The molecule has 0 radical (unpaired) electrons. The molecule has 0 atom stereocenters. The van der Waals surface area contributed by atoms with E-state index in [1.54, 1.807) is 23.1 Å². The second-order valence-electron chi connectivity index (χ2n) is 6.23.